The van der Waals surface area contributed by atoms with Crippen LogP contribution in [-0.4, -0.2) is 105 Å². The summed E-state index contributed by atoms with van der Waals surface area (Å²) in [6, 6.07) is 2.15. The van der Waals surface area contributed by atoms with Gasteiger partial charge in [0.05, 0.1) is 17.9 Å². The average molecular weight is 848 g/mol. The molecule has 2 aromatic rings. The summed E-state index contributed by atoms with van der Waals surface area (Å²) in [7, 11) is -4.12. The highest BCUT2D eigenvalue weighted by molar-refractivity contribution is 7.91. The van der Waals surface area contributed by atoms with Crippen molar-refractivity contribution in [1.82, 2.24) is 24.8 Å². The number of pyridine rings is 1. The minimum atomic E-state index is -5.09. The summed E-state index contributed by atoms with van der Waals surface area (Å²) in [5.74, 6) is -3.65. The van der Waals surface area contributed by atoms with E-state index in [1.54, 1.807) is 19.1 Å². The predicted molar refractivity (Wildman–Crippen MR) is 209 cm³/mol. The molecule has 3 fully saturated rings. The van der Waals surface area contributed by atoms with Crippen LogP contribution in [0.5, 0.6) is 11.6 Å². The standard InChI is InChI=1S/C41H52F3N5O9S/c1-6-24-19-23(2)9-7-8-10-26-21-40(26,36(52)47-59(55,56)39(5)15-16-39)46-33(50)30-20-27(58-34-29-12-11-25-14-18-57-32(25)28(29)13-17-45-34)22-48(30)35(51)31(24)49(37(53)54)38(3,4)41(42,43)44/h8,10-13,17,23-24,26-27,30-31H,6-7,9,14-16,18-22H2,1-5H3,(H,46,50)(H,47,52)(H,53,54)/t23-,24+,26+,27+,30-,31-,40+/m0/s1. The molecule has 18 heteroatoms. The molecule has 4 amide bonds. The van der Waals surface area contributed by atoms with Crippen molar-refractivity contribution < 1.29 is 55.3 Å². The lowest BCUT2D eigenvalue weighted by atomic mass is 9.82. The van der Waals surface area contributed by atoms with Crippen molar-refractivity contribution in [2.75, 3.05) is 13.2 Å². The van der Waals surface area contributed by atoms with Crippen LogP contribution in [-0.2, 0) is 30.8 Å². The molecule has 4 heterocycles. The Bertz CT molecular complexity index is 2180. The van der Waals surface area contributed by atoms with E-state index in [-0.39, 0.29) is 48.9 Å². The second-order valence-corrected chi connectivity index (χ2v) is 19.9. The van der Waals surface area contributed by atoms with Crippen LogP contribution in [0.4, 0.5) is 18.0 Å². The number of ether oxygens (including phenoxy) is 2. The number of carbonyl (C=O) groups excluding carboxylic acids is 3. The van der Waals surface area contributed by atoms with Gasteiger partial charge in [-0.3, -0.25) is 24.0 Å². The Morgan fingerprint density at radius 1 is 1.15 bits per heavy atom. The van der Waals surface area contributed by atoms with Crippen molar-refractivity contribution in [2.24, 2.45) is 17.8 Å². The smallest absolute Gasteiger partial charge is 0.411 e. The van der Waals surface area contributed by atoms with E-state index < -0.39 is 85.9 Å². The van der Waals surface area contributed by atoms with Crippen molar-refractivity contribution in [3.8, 4) is 11.6 Å². The monoisotopic (exact) mass is 847 g/mol. The Morgan fingerprint density at radius 3 is 2.54 bits per heavy atom. The predicted octanol–water partition coefficient (Wildman–Crippen LogP) is 5.48. The quantitative estimate of drug-likeness (QED) is 0.288. The Hall–Kier alpha value is -4.61. The summed E-state index contributed by atoms with van der Waals surface area (Å²) in [6.45, 7) is 6.67. The number of hydrogen-bond acceptors (Lipinski definition) is 9. The molecule has 7 atom stereocenters. The summed E-state index contributed by atoms with van der Waals surface area (Å²) in [5, 5.41) is 14.6. The maximum absolute atomic E-state index is 15.2. The molecule has 3 aliphatic heterocycles. The molecule has 59 heavy (non-hydrogen) atoms. The topological polar surface area (TPSA) is 185 Å². The Kier molecular flexibility index (Phi) is 10.9. The number of carbonyl (C=O) groups is 4. The highest BCUT2D eigenvalue weighted by Crippen LogP contribution is 2.48. The number of sulfonamides is 1. The van der Waals surface area contributed by atoms with Crippen LogP contribution in [0, 0.1) is 17.8 Å². The maximum Gasteiger partial charge on any atom is 0.411 e. The number of hydrogen-bond donors (Lipinski definition) is 3. The second-order valence-electron chi connectivity index (χ2n) is 17.7. The summed E-state index contributed by atoms with van der Waals surface area (Å²) in [6.07, 6.45) is -0.299. The van der Waals surface area contributed by atoms with Crippen molar-refractivity contribution >= 4 is 44.6 Å². The normalized spacial score (nSPS) is 29.5. The van der Waals surface area contributed by atoms with Crippen molar-refractivity contribution in [1.29, 1.82) is 0 Å². The number of nitrogens with zero attached hydrogens (tertiary/aromatic N) is 3. The second kappa shape index (κ2) is 15.1. The third-order valence-electron chi connectivity index (χ3n) is 13.2. The third-order valence-corrected chi connectivity index (χ3v) is 15.3. The fourth-order valence-electron chi connectivity index (χ4n) is 8.90. The number of halogens is 3. The molecule has 1 aromatic carbocycles. The van der Waals surface area contributed by atoms with Gasteiger partial charge < -0.3 is 24.8 Å². The van der Waals surface area contributed by atoms with Gasteiger partial charge in [-0.1, -0.05) is 38.5 Å². The SMILES string of the molecule is CC[C@@H]1C[C@@H](C)CCC=C[C@@H]2C[C@@]2(C(=O)NS(=O)(=O)C2(C)CC2)NC(=O)[C@@H]2C[C@@H](Oc3nccc4c5c(ccc34)CCO5)CN2C(=O)[C@H]1N(C(=O)O)C(C)(C)C(F)(F)F. The first-order valence-electron chi connectivity index (χ1n) is 20.3. The van der Waals surface area contributed by atoms with Crippen LogP contribution >= 0.6 is 0 Å². The van der Waals surface area contributed by atoms with Crippen LogP contribution in [0.15, 0.2) is 36.5 Å². The number of fused-ring (bicyclic) bond motifs is 5. The largest absolute Gasteiger partial charge is 0.492 e. The molecule has 14 nitrogen and oxygen atoms in total. The molecule has 5 aliphatic rings. The van der Waals surface area contributed by atoms with Crippen LogP contribution < -0.4 is 19.5 Å². The zero-order valence-corrected chi connectivity index (χ0v) is 34.6. The molecular weight excluding hydrogens is 796 g/mol. The number of allylic oxidation sites excluding steroid dienone is 1. The van der Waals surface area contributed by atoms with Crippen LogP contribution in [0.1, 0.15) is 91.5 Å². The van der Waals surface area contributed by atoms with Gasteiger partial charge in [0, 0.05) is 35.7 Å². The molecule has 0 unspecified atom stereocenters. The van der Waals surface area contributed by atoms with Gasteiger partial charge in [-0.25, -0.2) is 18.2 Å². The minimum Gasteiger partial charge on any atom is -0.492 e. The Balaban J connectivity index is 1.30. The fraction of sp³-hybridized carbons (Fsp3) is 0.634. The molecule has 0 bridgehead atoms. The molecule has 3 N–H and O–H groups in total. The van der Waals surface area contributed by atoms with Gasteiger partial charge in [0.2, 0.25) is 27.7 Å². The van der Waals surface area contributed by atoms with E-state index in [4.69, 9.17) is 9.47 Å². The lowest BCUT2D eigenvalue weighted by Gasteiger charge is -2.46. The zero-order valence-electron chi connectivity index (χ0n) is 33.8. The van der Waals surface area contributed by atoms with Crippen molar-refractivity contribution in [3.63, 3.8) is 0 Å². The summed E-state index contributed by atoms with van der Waals surface area (Å²) < 4.78 is 84.2. The van der Waals surface area contributed by atoms with E-state index >= 15 is 4.79 Å². The van der Waals surface area contributed by atoms with Gasteiger partial charge in [-0.05, 0) is 88.8 Å². The summed E-state index contributed by atoms with van der Waals surface area (Å²) in [5.41, 5.74) is -3.74. The molecule has 322 valence electrons. The molecular formula is C41H52F3N5O9S. The van der Waals surface area contributed by atoms with Crippen molar-refractivity contribution in [3.05, 3.63) is 42.1 Å². The van der Waals surface area contributed by atoms with Gasteiger partial charge in [0.25, 0.3) is 5.91 Å². The van der Waals surface area contributed by atoms with E-state index in [2.05, 4.69) is 15.0 Å². The van der Waals surface area contributed by atoms with Gasteiger partial charge in [0.1, 0.15) is 35.0 Å². The zero-order chi connectivity index (χ0) is 42.9. The number of carboxylic acid groups (broad SMARTS) is 1. The number of alkyl halides is 3. The van der Waals surface area contributed by atoms with Crippen LogP contribution in [0.3, 0.4) is 0 Å². The minimum absolute atomic E-state index is 0.0584. The molecule has 7 rings (SSSR count). The van der Waals surface area contributed by atoms with E-state index in [1.807, 2.05) is 25.1 Å². The Morgan fingerprint density at radius 2 is 1.88 bits per heavy atom. The third kappa shape index (κ3) is 7.69. The van der Waals surface area contributed by atoms with Crippen molar-refractivity contribution in [2.45, 2.75) is 133 Å². The van der Waals surface area contributed by atoms with Gasteiger partial charge in [-0.2, -0.15) is 13.2 Å². The number of aromatic nitrogens is 1. The summed E-state index contributed by atoms with van der Waals surface area (Å²) >= 11 is 0. The maximum atomic E-state index is 15.2. The number of benzene rings is 1. The van der Waals surface area contributed by atoms with Crippen LogP contribution in [0.25, 0.3) is 10.8 Å². The van der Waals surface area contributed by atoms with Crippen LogP contribution in [0.2, 0.25) is 0 Å². The first-order valence-corrected chi connectivity index (χ1v) is 21.8. The van der Waals surface area contributed by atoms with E-state index in [1.165, 1.54) is 13.1 Å². The first-order chi connectivity index (χ1) is 27.6. The Labute approximate surface area is 341 Å². The number of nitrogens with one attached hydrogen (secondary N) is 2. The lowest BCUT2D eigenvalue weighted by molar-refractivity contribution is -0.222. The lowest BCUT2D eigenvalue weighted by Crippen LogP contribution is -2.66. The van der Waals surface area contributed by atoms with Gasteiger partial charge >= 0.3 is 12.3 Å². The molecule has 0 spiro atoms. The first kappa shape index (κ1) is 42.5. The highest BCUT2D eigenvalue weighted by Gasteiger charge is 2.64. The molecule has 2 saturated carbocycles. The number of amides is 4. The van der Waals surface area contributed by atoms with Gasteiger partial charge in [-0.15, -0.1) is 0 Å². The highest BCUT2D eigenvalue weighted by atomic mass is 32.2. The number of rotatable bonds is 8. The average Bonchev–Trinajstić information content (AvgIpc) is 3.94. The van der Waals surface area contributed by atoms with E-state index in [9.17, 15) is 41.1 Å². The molecule has 1 aromatic heterocycles. The molecule has 0 radical (unpaired) electrons. The van der Waals surface area contributed by atoms with E-state index in [0.29, 0.717) is 57.3 Å². The summed E-state index contributed by atoms with van der Waals surface area (Å²) in [4.78, 5) is 62.5. The molecule has 2 aliphatic carbocycles. The molecule has 1 saturated heterocycles. The fourth-order valence-corrected chi connectivity index (χ4v) is 10.2. The van der Waals surface area contributed by atoms with E-state index in [0.717, 1.165) is 22.3 Å². The van der Waals surface area contributed by atoms with Gasteiger partial charge in [0.15, 0.2) is 0 Å².